The first-order valence-electron chi connectivity index (χ1n) is 8.00. The number of carbonyl (C=O) groups is 1. The molecule has 0 bridgehead atoms. The van der Waals surface area contributed by atoms with E-state index in [4.69, 9.17) is 11.6 Å². The molecule has 2 aromatic rings. The fraction of sp³-hybridized carbons (Fsp3) is 0.278. The number of benzene rings is 2. The first kappa shape index (κ1) is 17.6. The fourth-order valence-electron chi connectivity index (χ4n) is 2.85. The van der Waals surface area contributed by atoms with Gasteiger partial charge in [0.05, 0.1) is 17.3 Å². The van der Waals surface area contributed by atoms with Crippen LogP contribution in [0.1, 0.15) is 0 Å². The number of amides is 1. The van der Waals surface area contributed by atoms with Gasteiger partial charge in [0.15, 0.2) is 0 Å². The molecule has 0 saturated carbocycles. The lowest BCUT2D eigenvalue weighted by molar-refractivity contribution is -0.117. The zero-order chi connectivity index (χ0) is 17.8. The molecule has 3 rings (SSSR count). The van der Waals surface area contributed by atoms with E-state index in [-0.39, 0.29) is 6.54 Å². The fourth-order valence-corrected chi connectivity index (χ4v) is 3.11. The van der Waals surface area contributed by atoms with Crippen LogP contribution in [0.4, 0.5) is 20.2 Å². The summed E-state index contributed by atoms with van der Waals surface area (Å²) in [4.78, 5) is 16.2. The summed E-state index contributed by atoms with van der Waals surface area (Å²) in [7, 11) is 0. The highest BCUT2D eigenvalue weighted by Gasteiger charge is 2.21. The maximum atomic E-state index is 13.6. The molecule has 7 heteroatoms. The van der Waals surface area contributed by atoms with Crippen molar-refractivity contribution in [1.29, 1.82) is 0 Å². The summed E-state index contributed by atoms with van der Waals surface area (Å²) in [5.41, 5.74) is 0.573. The Kier molecular flexibility index (Phi) is 5.50. The molecule has 0 spiro atoms. The lowest BCUT2D eigenvalue weighted by Gasteiger charge is -2.36. The molecule has 1 amide bonds. The number of hydrogen-bond donors (Lipinski definition) is 1. The molecule has 0 aliphatic carbocycles. The third kappa shape index (κ3) is 4.27. The average molecular weight is 366 g/mol. The molecular formula is C18H18ClF2N3O. The monoisotopic (exact) mass is 365 g/mol. The third-order valence-corrected chi connectivity index (χ3v) is 4.48. The van der Waals surface area contributed by atoms with Crippen LogP contribution in [-0.4, -0.2) is 43.5 Å². The molecule has 132 valence electrons. The molecule has 1 fully saturated rings. The molecule has 1 aliphatic heterocycles. The Morgan fingerprint density at radius 2 is 1.64 bits per heavy atom. The van der Waals surface area contributed by atoms with Crippen LogP contribution in [0.2, 0.25) is 5.02 Å². The Morgan fingerprint density at radius 1 is 1.00 bits per heavy atom. The van der Waals surface area contributed by atoms with Gasteiger partial charge in [-0.15, -0.1) is 0 Å². The number of nitrogens with zero attached hydrogens (tertiary/aromatic N) is 2. The standard InChI is InChI=1S/C18H18ClF2N3O/c19-13-4-1-2-7-16(13)24-10-8-23(9-11-24)12-17(25)22-18-14(20)5-3-6-15(18)21/h1-7H,8-12H2,(H,22,25). The smallest absolute Gasteiger partial charge is 0.238 e. The van der Waals surface area contributed by atoms with Gasteiger partial charge >= 0.3 is 0 Å². The van der Waals surface area contributed by atoms with Gasteiger partial charge in [-0.3, -0.25) is 9.69 Å². The number of carbonyl (C=O) groups excluding carboxylic acids is 1. The molecule has 0 atom stereocenters. The number of rotatable bonds is 4. The summed E-state index contributed by atoms with van der Waals surface area (Å²) in [6.45, 7) is 2.87. The van der Waals surface area contributed by atoms with E-state index in [9.17, 15) is 13.6 Å². The molecule has 0 aromatic heterocycles. The zero-order valence-electron chi connectivity index (χ0n) is 13.5. The highest BCUT2D eigenvalue weighted by molar-refractivity contribution is 6.33. The van der Waals surface area contributed by atoms with Crippen LogP contribution in [0, 0.1) is 11.6 Å². The summed E-state index contributed by atoms with van der Waals surface area (Å²) >= 11 is 6.21. The van der Waals surface area contributed by atoms with Crippen LogP contribution in [0.5, 0.6) is 0 Å². The van der Waals surface area contributed by atoms with E-state index < -0.39 is 23.2 Å². The second kappa shape index (κ2) is 7.80. The molecule has 1 N–H and O–H groups in total. The number of anilines is 2. The van der Waals surface area contributed by atoms with E-state index >= 15 is 0 Å². The summed E-state index contributed by atoms with van der Waals surface area (Å²) in [6, 6.07) is 11.1. The molecule has 4 nitrogen and oxygen atoms in total. The molecule has 1 heterocycles. The van der Waals surface area contributed by atoms with Crippen molar-refractivity contribution in [1.82, 2.24) is 4.90 Å². The predicted octanol–water partition coefficient (Wildman–Crippen LogP) is 3.38. The largest absolute Gasteiger partial charge is 0.368 e. The first-order valence-corrected chi connectivity index (χ1v) is 8.38. The van der Waals surface area contributed by atoms with E-state index in [0.29, 0.717) is 18.1 Å². The van der Waals surface area contributed by atoms with Crippen LogP contribution in [0.15, 0.2) is 42.5 Å². The van der Waals surface area contributed by atoms with Crippen LogP contribution in [-0.2, 0) is 4.79 Å². The van der Waals surface area contributed by atoms with E-state index in [1.165, 1.54) is 6.07 Å². The van der Waals surface area contributed by atoms with Crippen LogP contribution in [0.25, 0.3) is 0 Å². The van der Waals surface area contributed by atoms with Gasteiger partial charge in [0.1, 0.15) is 17.3 Å². The Bertz CT molecular complexity index is 743. The van der Waals surface area contributed by atoms with Crippen LogP contribution >= 0.6 is 11.6 Å². The Labute approximate surface area is 150 Å². The van der Waals surface area contributed by atoms with Crippen molar-refractivity contribution < 1.29 is 13.6 Å². The minimum atomic E-state index is -0.781. The van der Waals surface area contributed by atoms with Gasteiger partial charge in [0.25, 0.3) is 0 Å². The molecule has 2 aromatic carbocycles. The number of nitrogens with one attached hydrogen (secondary N) is 1. The lowest BCUT2D eigenvalue weighted by Crippen LogP contribution is -2.48. The Morgan fingerprint density at radius 3 is 2.28 bits per heavy atom. The van der Waals surface area contributed by atoms with E-state index in [1.54, 1.807) is 0 Å². The lowest BCUT2D eigenvalue weighted by atomic mass is 10.2. The van der Waals surface area contributed by atoms with Gasteiger partial charge in [-0.25, -0.2) is 8.78 Å². The number of halogens is 3. The topological polar surface area (TPSA) is 35.6 Å². The first-order chi connectivity index (χ1) is 12.0. The van der Waals surface area contributed by atoms with Crippen LogP contribution < -0.4 is 10.2 Å². The van der Waals surface area contributed by atoms with Gasteiger partial charge in [-0.2, -0.15) is 0 Å². The number of para-hydroxylation sites is 2. The van der Waals surface area contributed by atoms with Crippen molar-refractivity contribution in [3.63, 3.8) is 0 Å². The maximum Gasteiger partial charge on any atom is 0.238 e. The van der Waals surface area contributed by atoms with E-state index in [0.717, 1.165) is 30.9 Å². The highest BCUT2D eigenvalue weighted by atomic mass is 35.5. The summed E-state index contributed by atoms with van der Waals surface area (Å²) in [6.07, 6.45) is 0. The van der Waals surface area contributed by atoms with Crippen molar-refractivity contribution in [2.45, 2.75) is 0 Å². The van der Waals surface area contributed by atoms with Crippen molar-refractivity contribution in [3.05, 3.63) is 59.1 Å². The summed E-state index contributed by atoms with van der Waals surface area (Å²) < 4.78 is 27.2. The average Bonchev–Trinajstić information content (AvgIpc) is 2.60. The van der Waals surface area contributed by atoms with Gasteiger partial charge in [-0.05, 0) is 24.3 Å². The van der Waals surface area contributed by atoms with Gasteiger partial charge < -0.3 is 10.2 Å². The quantitative estimate of drug-likeness (QED) is 0.902. The minimum absolute atomic E-state index is 0.0874. The third-order valence-electron chi connectivity index (χ3n) is 4.16. The van der Waals surface area contributed by atoms with Gasteiger partial charge in [0, 0.05) is 26.2 Å². The van der Waals surface area contributed by atoms with Crippen molar-refractivity contribution in [3.8, 4) is 0 Å². The van der Waals surface area contributed by atoms with E-state index in [1.807, 2.05) is 29.2 Å². The van der Waals surface area contributed by atoms with Crippen molar-refractivity contribution in [2.75, 3.05) is 42.9 Å². The summed E-state index contributed by atoms with van der Waals surface area (Å²) in [5.74, 6) is -2.00. The zero-order valence-corrected chi connectivity index (χ0v) is 14.3. The Balaban J connectivity index is 1.54. The minimum Gasteiger partial charge on any atom is -0.368 e. The second-order valence-corrected chi connectivity index (χ2v) is 6.27. The normalized spacial score (nSPS) is 15.2. The predicted molar refractivity (Wildman–Crippen MR) is 95.1 cm³/mol. The number of hydrogen-bond acceptors (Lipinski definition) is 3. The van der Waals surface area contributed by atoms with Crippen LogP contribution in [0.3, 0.4) is 0 Å². The van der Waals surface area contributed by atoms with Crippen molar-refractivity contribution >= 4 is 28.9 Å². The molecule has 0 unspecified atom stereocenters. The molecule has 1 saturated heterocycles. The van der Waals surface area contributed by atoms with Crippen molar-refractivity contribution in [2.24, 2.45) is 0 Å². The molecular weight excluding hydrogens is 348 g/mol. The molecule has 1 aliphatic rings. The van der Waals surface area contributed by atoms with E-state index in [2.05, 4.69) is 10.2 Å². The SMILES string of the molecule is O=C(CN1CCN(c2ccccc2Cl)CC1)Nc1c(F)cccc1F. The highest BCUT2D eigenvalue weighted by Crippen LogP contribution is 2.26. The second-order valence-electron chi connectivity index (χ2n) is 5.86. The van der Waals surface area contributed by atoms with Gasteiger partial charge in [-0.1, -0.05) is 29.8 Å². The number of piperazine rings is 1. The summed E-state index contributed by atoms with van der Waals surface area (Å²) in [5, 5.41) is 3.01. The Hall–Kier alpha value is -2.18. The molecule has 0 radical (unpaired) electrons. The maximum absolute atomic E-state index is 13.6. The van der Waals surface area contributed by atoms with Gasteiger partial charge in [0.2, 0.25) is 5.91 Å². The molecule has 25 heavy (non-hydrogen) atoms.